The summed E-state index contributed by atoms with van der Waals surface area (Å²) in [6.07, 6.45) is 3.50. The number of carbonyl (C=O) groups is 2. The summed E-state index contributed by atoms with van der Waals surface area (Å²) in [5.74, 6) is 1.28. The number of hydrogen-bond donors (Lipinski definition) is 4. The largest absolute Gasteiger partial charge is 0.391 e. The normalized spacial score (nSPS) is 20.0. The predicted octanol–water partition coefficient (Wildman–Crippen LogP) is 6.73. The van der Waals surface area contributed by atoms with Gasteiger partial charge in [-0.25, -0.2) is 9.97 Å². The zero-order valence-corrected chi connectivity index (χ0v) is 32.3. The third-order valence-corrected chi connectivity index (χ3v) is 11.4. The van der Waals surface area contributed by atoms with Crippen molar-refractivity contribution in [1.82, 2.24) is 34.6 Å². The van der Waals surface area contributed by atoms with Crippen LogP contribution in [0.15, 0.2) is 122 Å². The standard InChI is InChI=1S/C46H49N7O4/c1-3-51(4-2)43(35-13-9-6-10-14-35)46(57)53-29-37(55)25-41(53)45-48-27-39(50-45)34-21-17-32(18-22-34)31-15-19-33(20-16-31)38-26-47-44(49-38)40-24-36(54)28-52(40)42(56)23-30-11-7-5-8-12-30/h5-22,26-27,36-37,40-41,43,54-55H,3-4,23-25,28-29H2,1-2H3,(H,47,49)(H,48,50)/t36-,37-,40-,41-,43?/m0/s1. The molecule has 2 aliphatic rings. The van der Waals surface area contributed by atoms with Crippen LogP contribution in [0.25, 0.3) is 33.6 Å². The number of carbonyl (C=O) groups excluding carboxylic acids is 2. The minimum atomic E-state index is -0.630. The van der Waals surface area contributed by atoms with Gasteiger partial charge in [0.2, 0.25) is 11.8 Å². The highest BCUT2D eigenvalue weighted by Gasteiger charge is 2.41. The number of aliphatic hydroxyl groups excluding tert-OH is 2. The monoisotopic (exact) mass is 763 g/mol. The van der Waals surface area contributed by atoms with Gasteiger partial charge >= 0.3 is 0 Å². The Kier molecular flexibility index (Phi) is 11.1. The molecule has 4 heterocycles. The third kappa shape index (κ3) is 8.04. The summed E-state index contributed by atoms with van der Waals surface area (Å²) < 4.78 is 0. The number of benzene rings is 4. The van der Waals surface area contributed by atoms with Crippen LogP contribution in [0.1, 0.15) is 67.6 Å². The average molecular weight is 764 g/mol. The van der Waals surface area contributed by atoms with Gasteiger partial charge in [-0.1, -0.05) is 123 Å². The van der Waals surface area contributed by atoms with Crippen LogP contribution in [-0.4, -0.2) is 95.1 Å². The lowest BCUT2D eigenvalue weighted by molar-refractivity contribution is -0.138. The van der Waals surface area contributed by atoms with Crippen molar-refractivity contribution in [2.75, 3.05) is 26.2 Å². The maximum Gasteiger partial charge on any atom is 0.245 e. The van der Waals surface area contributed by atoms with Crippen molar-refractivity contribution in [2.24, 2.45) is 0 Å². The number of hydrogen-bond acceptors (Lipinski definition) is 7. The van der Waals surface area contributed by atoms with E-state index in [2.05, 4.69) is 82.2 Å². The second kappa shape index (κ2) is 16.7. The zero-order valence-electron chi connectivity index (χ0n) is 32.3. The van der Waals surface area contributed by atoms with Gasteiger partial charge in [0.25, 0.3) is 0 Å². The van der Waals surface area contributed by atoms with Crippen LogP contribution in [-0.2, 0) is 16.0 Å². The van der Waals surface area contributed by atoms with Crippen molar-refractivity contribution in [3.63, 3.8) is 0 Å². The minimum absolute atomic E-state index is 0.0283. The number of β-amino-alcohol motifs (C(OH)–C–C–N with tert-alkyl or cyclic N) is 2. The highest BCUT2D eigenvalue weighted by molar-refractivity contribution is 5.84. The van der Waals surface area contributed by atoms with Gasteiger partial charge in [-0.05, 0) is 46.5 Å². The molecule has 6 aromatic rings. The second-order valence-corrected chi connectivity index (χ2v) is 15.1. The molecule has 0 spiro atoms. The Morgan fingerprint density at radius 2 is 1.12 bits per heavy atom. The van der Waals surface area contributed by atoms with Crippen molar-refractivity contribution >= 4 is 11.8 Å². The molecule has 2 amide bonds. The first kappa shape index (κ1) is 38.0. The Morgan fingerprint density at radius 3 is 1.63 bits per heavy atom. The number of nitrogens with zero attached hydrogens (tertiary/aromatic N) is 5. The molecule has 5 atom stereocenters. The Morgan fingerprint density at radius 1 is 0.667 bits per heavy atom. The molecule has 8 rings (SSSR count). The van der Waals surface area contributed by atoms with Crippen LogP contribution in [0.2, 0.25) is 0 Å². The van der Waals surface area contributed by atoms with Crippen molar-refractivity contribution in [2.45, 2.75) is 63.4 Å². The maximum atomic E-state index is 14.2. The van der Waals surface area contributed by atoms with Crippen molar-refractivity contribution in [3.8, 4) is 33.6 Å². The summed E-state index contributed by atoms with van der Waals surface area (Å²) in [6.45, 7) is 6.14. The molecule has 2 saturated heterocycles. The summed E-state index contributed by atoms with van der Waals surface area (Å²) in [7, 11) is 0. The molecule has 2 aromatic heterocycles. The van der Waals surface area contributed by atoms with E-state index in [1.807, 2.05) is 60.7 Å². The summed E-state index contributed by atoms with van der Waals surface area (Å²) in [5, 5.41) is 21.3. The molecule has 1 unspecified atom stereocenters. The molecule has 2 aliphatic heterocycles. The SMILES string of the molecule is CCN(CC)C(C(=O)N1C[C@@H](O)C[C@H]1c1ncc(-c2ccc(-c3ccc(-c4cnc([C@@H]5C[C@H](O)CN5C(=O)Cc5ccccc5)[nH]4)cc3)cc2)[nH]1)c1ccccc1. The van der Waals surface area contributed by atoms with E-state index in [1.165, 1.54) is 0 Å². The van der Waals surface area contributed by atoms with Crippen LogP contribution in [0.5, 0.6) is 0 Å². The first-order valence-electron chi connectivity index (χ1n) is 19.9. The van der Waals surface area contributed by atoms with E-state index in [0.29, 0.717) is 31.0 Å². The van der Waals surface area contributed by atoms with Crippen molar-refractivity contribution in [1.29, 1.82) is 0 Å². The first-order valence-corrected chi connectivity index (χ1v) is 19.9. The molecule has 0 bridgehead atoms. The molecule has 4 N–H and O–H groups in total. The number of imidazole rings is 2. The number of amides is 2. The number of H-pyrrole nitrogens is 2. The molecular formula is C46H49N7O4. The van der Waals surface area contributed by atoms with E-state index < -0.39 is 18.2 Å². The summed E-state index contributed by atoms with van der Waals surface area (Å²) in [5.41, 5.74) is 7.62. The number of aromatic amines is 2. The summed E-state index contributed by atoms with van der Waals surface area (Å²) >= 11 is 0. The molecule has 2 fully saturated rings. The minimum Gasteiger partial charge on any atom is -0.391 e. The number of rotatable bonds is 12. The number of likely N-dealkylation sites (N-methyl/N-ethyl adjacent to an activating group) is 1. The zero-order chi connectivity index (χ0) is 39.5. The second-order valence-electron chi connectivity index (χ2n) is 15.1. The topological polar surface area (TPSA) is 142 Å². The Hall–Kier alpha value is -5.88. The lowest BCUT2D eigenvalue weighted by atomic mass is 10.0. The van der Waals surface area contributed by atoms with Crippen molar-refractivity contribution < 1.29 is 19.8 Å². The predicted molar refractivity (Wildman–Crippen MR) is 219 cm³/mol. The molecule has 0 saturated carbocycles. The van der Waals surface area contributed by atoms with Gasteiger partial charge in [-0.15, -0.1) is 0 Å². The van der Waals surface area contributed by atoms with E-state index in [9.17, 15) is 19.8 Å². The van der Waals surface area contributed by atoms with Crippen LogP contribution < -0.4 is 0 Å². The van der Waals surface area contributed by atoms with E-state index in [1.54, 1.807) is 22.2 Å². The van der Waals surface area contributed by atoms with Gasteiger partial charge in [0, 0.05) is 25.9 Å². The first-order chi connectivity index (χ1) is 27.8. The van der Waals surface area contributed by atoms with Crippen molar-refractivity contribution in [3.05, 3.63) is 144 Å². The summed E-state index contributed by atoms with van der Waals surface area (Å²) in [4.78, 5) is 49.4. The van der Waals surface area contributed by atoms with E-state index in [4.69, 9.17) is 4.98 Å². The van der Waals surface area contributed by atoms with Crippen LogP contribution in [0, 0.1) is 0 Å². The molecule has 57 heavy (non-hydrogen) atoms. The fraction of sp³-hybridized carbons (Fsp3) is 0.304. The molecular weight excluding hydrogens is 715 g/mol. The number of aliphatic hydroxyl groups is 2. The number of likely N-dealkylation sites (tertiary alicyclic amines) is 2. The Balaban J connectivity index is 0.940. The highest BCUT2D eigenvalue weighted by atomic mass is 16.3. The number of aromatic nitrogens is 4. The quantitative estimate of drug-likeness (QED) is 0.108. The molecule has 0 aliphatic carbocycles. The molecule has 0 radical (unpaired) electrons. The van der Waals surface area contributed by atoms with Gasteiger partial charge in [0.05, 0.1) is 54.5 Å². The molecule has 4 aromatic carbocycles. The Labute approximate surface area is 333 Å². The molecule has 11 heteroatoms. The van der Waals surface area contributed by atoms with E-state index >= 15 is 0 Å². The van der Waals surface area contributed by atoms with Gasteiger partial charge < -0.3 is 30.0 Å². The molecule has 11 nitrogen and oxygen atoms in total. The fourth-order valence-corrected chi connectivity index (χ4v) is 8.42. The van der Waals surface area contributed by atoms with E-state index in [0.717, 1.165) is 57.9 Å². The van der Waals surface area contributed by atoms with Gasteiger partial charge in [0.1, 0.15) is 17.7 Å². The van der Waals surface area contributed by atoms with Gasteiger partial charge in [0.15, 0.2) is 0 Å². The van der Waals surface area contributed by atoms with Crippen LogP contribution >= 0.6 is 0 Å². The van der Waals surface area contributed by atoms with Crippen LogP contribution in [0.3, 0.4) is 0 Å². The van der Waals surface area contributed by atoms with Crippen LogP contribution in [0.4, 0.5) is 0 Å². The smallest absolute Gasteiger partial charge is 0.245 e. The van der Waals surface area contributed by atoms with E-state index in [-0.39, 0.29) is 36.9 Å². The maximum absolute atomic E-state index is 14.2. The number of nitrogens with one attached hydrogen (secondary N) is 2. The van der Waals surface area contributed by atoms with Gasteiger partial charge in [-0.2, -0.15) is 0 Å². The highest BCUT2D eigenvalue weighted by Crippen LogP contribution is 2.37. The average Bonchev–Trinajstić information content (AvgIpc) is 4.07. The molecule has 292 valence electrons. The third-order valence-electron chi connectivity index (χ3n) is 11.4. The lowest BCUT2D eigenvalue weighted by Gasteiger charge is -2.34. The van der Waals surface area contributed by atoms with Gasteiger partial charge in [-0.3, -0.25) is 14.5 Å². The Bertz CT molecular complexity index is 2270. The lowest BCUT2D eigenvalue weighted by Crippen LogP contribution is -2.43. The summed E-state index contributed by atoms with van der Waals surface area (Å²) in [6, 6.07) is 34.9. The fourth-order valence-electron chi connectivity index (χ4n) is 8.42.